The Morgan fingerprint density at radius 2 is 2.17 bits per heavy atom. The van der Waals surface area contributed by atoms with E-state index in [1.165, 1.54) is 18.2 Å². The minimum atomic E-state index is -4.03. The minimum absolute atomic E-state index is 0.00401. The maximum absolute atomic E-state index is 15.0. The average molecular weight is 462 g/mol. The number of nitrogens with one attached hydrogen (secondary N) is 2. The van der Waals surface area contributed by atoms with Crippen molar-refractivity contribution in [3.63, 3.8) is 0 Å². The second-order valence-electron chi connectivity index (χ2n) is 7.12. The summed E-state index contributed by atoms with van der Waals surface area (Å²) in [6.07, 6.45) is 0.404. The van der Waals surface area contributed by atoms with E-state index in [1.54, 1.807) is 5.38 Å². The van der Waals surface area contributed by atoms with Crippen molar-refractivity contribution in [3.8, 4) is 10.9 Å². The first-order valence-corrected chi connectivity index (χ1v) is 11.6. The topological polar surface area (TPSA) is 101 Å². The standard InChI is InChI=1S/C17H17F3N4O4S2/c1-30(26,27)23-14-11-5-9-3-2-4-12(13(9)18)28-16-22-10(7-29-16)6-21-15(25)24(11)8-17(14,19)20/h2-4,7,11,14,23H,5-6,8H2,1H3,(H,21,25)/t11-,14+/m0/s1. The lowest BCUT2D eigenvalue weighted by atomic mass is 9.98. The molecule has 2 amide bonds. The number of carbonyl (C=O) groups is 1. The SMILES string of the molecule is CS(=O)(=O)N[C@@H]1[C@@H]2Cc3cccc(c3F)Oc3nc(cs3)CNC(=O)N2CC1(F)F. The van der Waals surface area contributed by atoms with Crippen molar-refractivity contribution in [1.82, 2.24) is 19.9 Å². The zero-order valence-electron chi connectivity index (χ0n) is 15.6. The summed E-state index contributed by atoms with van der Waals surface area (Å²) in [6.45, 7) is -1.07. The summed E-state index contributed by atoms with van der Waals surface area (Å²) in [7, 11) is -4.03. The summed E-state index contributed by atoms with van der Waals surface area (Å²) >= 11 is 1.10. The predicted octanol–water partition coefficient (Wildman–Crippen LogP) is 2.08. The molecule has 4 rings (SSSR count). The van der Waals surface area contributed by atoms with Crippen LogP contribution in [0.3, 0.4) is 0 Å². The summed E-state index contributed by atoms with van der Waals surface area (Å²) in [5, 5.41) is 4.26. The zero-order chi connectivity index (χ0) is 21.7. The van der Waals surface area contributed by atoms with Gasteiger partial charge in [0, 0.05) is 5.38 Å². The lowest BCUT2D eigenvalue weighted by Crippen LogP contribution is -2.53. The van der Waals surface area contributed by atoms with Gasteiger partial charge in [0.15, 0.2) is 11.6 Å². The molecule has 8 nitrogen and oxygen atoms in total. The fourth-order valence-electron chi connectivity index (χ4n) is 3.55. The van der Waals surface area contributed by atoms with Crippen LogP contribution in [0.4, 0.5) is 18.0 Å². The summed E-state index contributed by atoms with van der Waals surface area (Å²) in [4.78, 5) is 17.6. The van der Waals surface area contributed by atoms with Gasteiger partial charge < -0.3 is 15.0 Å². The Balaban J connectivity index is 1.79. The van der Waals surface area contributed by atoms with Gasteiger partial charge in [-0.15, -0.1) is 0 Å². The van der Waals surface area contributed by atoms with Crippen LogP contribution >= 0.6 is 11.3 Å². The monoisotopic (exact) mass is 462 g/mol. The first-order chi connectivity index (χ1) is 14.0. The van der Waals surface area contributed by atoms with Gasteiger partial charge in [0.05, 0.1) is 31.1 Å². The smallest absolute Gasteiger partial charge is 0.318 e. The van der Waals surface area contributed by atoms with Gasteiger partial charge in [0.25, 0.3) is 11.1 Å². The number of urea groups is 1. The van der Waals surface area contributed by atoms with Crippen LogP contribution in [-0.2, 0) is 23.0 Å². The van der Waals surface area contributed by atoms with E-state index in [0.29, 0.717) is 5.69 Å². The fourth-order valence-corrected chi connectivity index (χ4v) is 5.02. The molecule has 1 aromatic carbocycles. The molecule has 3 heterocycles. The number of hydrogen-bond donors (Lipinski definition) is 2. The number of carbonyl (C=O) groups excluding carboxylic acids is 1. The van der Waals surface area contributed by atoms with E-state index >= 15 is 4.39 Å². The van der Waals surface area contributed by atoms with Gasteiger partial charge in [-0.25, -0.2) is 36.1 Å². The van der Waals surface area contributed by atoms with Gasteiger partial charge in [0.2, 0.25) is 10.0 Å². The summed E-state index contributed by atoms with van der Waals surface area (Å²) in [5.74, 6) is -4.49. The van der Waals surface area contributed by atoms with Crippen LogP contribution in [0.1, 0.15) is 11.3 Å². The number of fused-ring (bicyclic) bond motifs is 5. The highest BCUT2D eigenvalue weighted by Gasteiger charge is 2.57. The maximum atomic E-state index is 15.0. The number of sulfonamides is 1. The molecule has 0 aliphatic carbocycles. The van der Waals surface area contributed by atoms with Crippen LogP contribution in [0, 0.1) is 5.82 Å². The highest BCUT2D eigenvalue weighted by molar-refractivity contribution is 7.88. The van der Waals surface area contributed by atoms with Crippen molar-refractivity contribution < 1.29 is 31.1 Å². The molecule has 0 saturated carbocycles. The Morgan fingerprint density at radius 1 is 1.40 bits per heavy atom. The molecule has 162 valence electrons. The normalized spacial score (nSPS) is 23.5. The van der Waals surface area contributed by atoms with Crippen molar-refractivity contribution in [2.45, 2.75) is 31.0 Å². The first kappa shape index (κ1) is 20.9. The van der Waals surface area contributed by atoms with Gasteiger partial charge in [-0.2, -0.15) is 0 Å². The summed E-state index contributed by atoms with van der Waals surface area (Å²) in [5.41, 5.74) is 0.414. The van der Waals surface area contributed by atoms with E-state index < -0.39 is 46.4 Å². The lowest BCUT2D eigenvalue weighted by molar-refractivity contribution is -0.00453. The van der Waals surface area contributed by atoms with Crippen LogP contribution in [0.5, 0.6) is 10.9 Å². The molecule has 2 atom stereocenters. The van der Waals surface area contributed by atoms with Gasteiger partial charge in [-0.05, 0) is 18.1 Å². The molecule has 0 spiro atoms. The number of halogens is 3. The number of hydrogen-bond acceptors (Lipinski definition) is 6. The largest absolute Gasteiger partial charge is 0.428 e. The number of thiazole rings is 1. The molecule has 2 aromatic rings. The molecule has 1 fully saturated rings. The van der Waals surface area contributed by atoms with E-state index in [-0.39, 0.29) is 29.5 Å². The van der Waals surface area contributed by atoms with Crippen molar-refractivity contribution in [3.05, 3.63) is 40.7 Å². The van der Waals surface area contributed by atoms with Crippen molar-refractivity contribution in [2.75, 3.05) is 12.8 Å². The molecular weight excluding hydrogens is 445 g/mol. The molecule has 13 heteroatoms. The third-order valence-corrected chi connectivity index (χ3v) is 6.29. The highest BCUT2D eigenvalue weighted by atomic mass is 32.2. The Bertz CT molecular complexity index is 1090. The molecule has 1 aromatic heterocycles. The van der Waals surface area contributed by atoms with Crippen molar-refractivity contribution >= 4 is 27.4 Å². The molecule has 0 radical (unpaired) electrons. The Labute approximate surface area is 174 Å². The van der Waals surface area contributed by atoms with E-state index in [0.717, 1.165) is 22.5 Å². The van der Waals surface area contributed by atoms with Crippen molar-refractivity contribution in [1.29, 1.82) is 0 Å². The van der Waals surface area contributed by atoms with Gasteiger partial charge in [-0.1, -0.05) is 23.5 Å². The van der Waals surface area contributed by atoms with Crippen LogP contribution in [0.25, 0.3) is 0 Å². The van der Waals surface area contributed by atoms with E-state index in [9.17, 15) is 22.0 Å². The van der Waals surface area contributed by atoms with E-state index in [1.807, 2.05) is 4.72 Å². The van der Waals surface area contributed by atoms with Gasteiger partial charge in [-0.3, -0.25) is 0 Å². The molecule has 4 bridgehead atoms. The number of alkyl halides is 2. The Hall–Kier alpha value is -2.38. The molecule has 2 aliphatic heterocycles. The third-order valence-electron chi connectivity index (χ3n) is 4.84. The lowest BCUT2D eigenvalue weighted by Gasteiger charge is -2.28. The van der Waals surface area contributed by atoms with Crippen molar-refractivity contribution in [2.24, 2.45) is 0 Å². The molecular formula is C17H17F3N4O4S2. The summed E-state index contributed by atoms with van der Waals surface area (Å²) in [6, 6.07) is 0.153. The highest BCUT2D eigenvalue weighted by Crippen LogP contribution is 2.37. The molecule has 1 saturated heterocycles. The molecule has 2 aliphatic rings. The second-order valence-corrected chi connectivity index (χ2v) is 9.72. The number of ether oxygens (including phenoxy) is 1. The first-order valence-electron chi connectivity index (χ1n) is 8.83. The average Bonchev–Trinajstić information content (AvgIpc) is 3.18. The van der Waals surface area contributed by atoms with Crippen LogP contribution in [-0.4, -0.2) is 55.1 Å². The van der Waals surface area contributed by atoms with E-state index in [2.05, 4.69) is 10.3 Å². The Kier molecular flexibility index (Phi) is 5.14. The van der Waals surface area contributed by atoms with Crippen LogP contribution in [0.15, 0.2) is 23.6 Å². The number of nitrogens with zero attached hydrogens (tertiary/aromatic N) is 2. The maximum Gasteiger partial charge on any atom is 0.318 e. The van der Waals surface area contributed by atoms with E-state index in [4.69, 9.17) is 4.74 Å². The Morgan fingerprint density at radius 3 is 2.90 bits per heavy atom. The fraction of sp³-hybridized carbons (Fsp3) is 0.412. The second kappa shape index (κ2) is 7.39. The van der Waals surface area contributed by atoms with Crippen LogP contribution in [0.2, 0.25) is 0 Å². The molecule has 30 heavy (non-hydrogen) atoms. The van der Waals surface area contributed by atoms with Gasteiger partial charge in [0.1, 0.15) is 6.04 Å². The number of aromatic nitrogens is 1. The third kappa shape index (κ3) is 4.09. The molecule has 0 unspecified atom stereocenters. The number of amides is 2. The van der Waals surface area contributed by atoms with Gasteiger partial charge >= 0.3 is 6.03 Å². The number of rotatable bonds is 2. The molecule has 2 N–H and O–H groups in total. The summed E-state index contributed by atoms with van der Waals surface area (Å²) < 4.78 is 75.3. The number of benzene rings is 1. The quantitative estimate of drug-likeness (QED) is 0.712. The minimum Gasteiger partial charge on any atom is -0.428 e. The van der Waals surface area contributed by atoms with Crippen LogP contribution < -0.4 is 14.8 Å². The predicted molar refractivity (Wildman–Crippen MR) is 102 cm³/mol. The zero-order valence-corrected chi connectivity index (χ0v) is 17.2.